The molecule has 0 radical (unpaired) electrons. The van der Waals surface area contributed by atoms with E-state index < -0.39 is 0 Å². The van der Waals surface area contributed by atoms with Crippen LogP contribution in [0.2, 0.25) is 0 Å². The summed E-state index contributed by atoms with van der Waals surface area (Å²) in [6.07, 6.45) is 3.56. The molecular formula is C14H16N2O. The molecule has 1 N–H and O–H groups in total. The van der Waals surface area contributed by atoms with Crippen LogP contribution in [-0.2, 0) is 0 Å². The quantitative estimate of drug-likeness (QED) is 0.873. The Labute approximate surface area is 101 Å². The van der Waals surface area contributed by atoms with E-state index >= 15 is 0 Å². The molecule has 0 unspecified atom stereocenters. The molecule has 17 heavy (non-hydrogen) atoms. The molecule has 0 fully saturated rings. The van der Waals surface area contributed by atoms with Gasteiger partial charge in [0.2, 0.25) is 0 Å². The van der Waals surface area contributed by atoms with Crippen LogP contribution >= 0.6 is 0 Å². The average Bonchev–Trinajstić information content (AvgIpc) is 2.30. The first-order valence-corrected chi connectivity index (χ1v) is 5.53. The highest BCUT2D eigenvalue weighted by atomic mass is 16.5. The maximum absolute atomic E-state index is 5.34. The Morgan fingerprint density at radius 3 is 2.35 bits per heavy atom. The van der Waals surface area contributed by atoms with Gasteiger partial charge in [-0.3, -0.25) is 4.98 Å². The van der Waals surface area contributed by atoms with Gasteiger partial charge in [-0.2, -0.15) is 0 Å². The topological polar surface area (TPSA) is 34.1 Å². The van der Waals surface area contributed by atoms with Crippen LogP contribution in [0.15, 0.2) is 36.7 Å². The van der Waals surface area contributed by atoms with Crippen LogP contribution in [0.4, 0.5) is 11.4 Å². The SMILES string of the molecule is COc1c(C)cc(Nc2cccnc2)cc1C. The first-order valence-electron chi connectivity index (χ1n) is 5.53. The van der Waals surface area contributed by atoms with Gasteiger partial charge in [0.1, 0.15) is 5.75 Å². The van der Waals surface area contributed by atoms with E-state index in [0.717, 1.165) is 28.3 Å². The molecule has 0 amide bonds. The summed E-state index contributed by atoms with van der Waals surface area (Å²) in [6.45, 7) is 4.08. The van der Waals surface area contributed by atoms with Crippen LogP contribution in [0.5, 0.6) is 5.75 Å². The number of benzene rings is 1. The van der Waals surface area contributed by atoms with Gasteiger partial charge < -0.3 is 10.1 Å². The van der Waals surface area contributed by atoms with Crippen molar-refractivity contribution in [2.24, 2.45) is 0 Å². The molecule has 2 rings (SSSR count). The van der Waals surface area contributed by atoms with Crippen LogP contribution in [0.1, 0.15) is 11.1 Å². The lowest BCUT2D eigenvalue weighted by atomic mass is 10.1. The van der Waals surface area contributed by atoms with Gasteiger partial charge in [-0.1, -0.05) is 0 Å². The lowest BCUT2D eigenvalue weighted by molar-refractivity contribution is 0.408. The minimum Gasteiger partial charge on any atom is -0.496 e. The van der Waals surface area contributed by atoms with Gasteiger partial charge >= 0.3 is 0 Å². The first kappa shape index (κ1) is 11.5. The number of methoxy groups -OCH3 is 1. The van der Waals surface area contributed by atoms with Crippen molar-refractivity contribution in [3.8, 4) is 5.75 Å². The third-order valence-corrected chi connectivity index (χ3v) is 2.61. The molecule has 1 aromatic carbocycles. The number of aromatic nitrogens is 1. The van der Waals surface area contributed by atoms with Crippen molar-refractivity contribution in [2.45, 2.75) is 13.8 Å². The van der Waals surface area contributed by atoms with E-state index in [1.165, 1.54) is 0 Å². The molecule has 0 saturated heterocycles. The predicted octanol–water partition coefficient (Wildman–Crippen LogP) is 3.45. The van der Waals surface area contributed by atoms with E-state index in [2.05, 4.69) is 22.4 Å². The molecule has 0 aliphatic carbocycles. The smallest absolute Gasteiger partial charge is 0.124 e. The van der Waals surface area contributed by atoms with Crippen molar-refractivity contribution >= 4 is 11.4 Å². The highest BCUT2D eigenvalue weighted by molar-refractivity contribution is 5.63. The number of aryl methyl sites for hydroxylation is 2. The summed E-state index contributed by atoms with van der Waals surface area (Å²) < 4.78 is 5.34. The van der Waals surface area contributed by atoms with Crippen molar-refractivity contribution in [1.29, 1.82) is 0 Å². The third-order valence-electron chi connectivity index (χ3n) is 2.61. The highest BCUT2D eigenvalue weighted by Gasteiger charge is 2.05. The summed E-state index contributed by atoms with van der Waals surface area (Å²) in [5.41, 5.74) is 4.28. The standard InChI is InChI=1S/C14H16N2O/c1-10-7-13(8-11(2)14(10)17-3)16-12-5-4-6-15-9-12/h4-9,16H,1-3H3. The zero-order valence-corrected chi connectivity index (χ0v) is 10.3. The second-order valence-electron chi connectivity index (χ2n) is 4.01. The maximum atomic E-state index is 5.34. The molecule has 0 saturated carbocycles. The Hall–Kier alpha value is -2.03. The van der Waals surface area contributed by atoms with Crippen molar-refractivity contribution < 1.29 is 4.74 Å². The van der Waals surface area contributed by atoms with E-state index in [0.29, 0.717) is 0 Å². The molecular weight excluding hydrogens is 212 g/mol. The third kappa shape index (κ3) is 2.56. The summed E-state index contributed by atoms with van der Waals surface area (Å²) in [6, 6.07) is 8.03. The van der Waals surface area contributed by atoms with Crippen molar-refractivity contribution in [2.75, 3.05) is 12.4 Å². The zero-order chi connectivity index (χ0) is 12.3. The second-order valence-corrected chi connectivity index (χ2v) is 4.01. The summed E-state index contributed by atoms with van der Waals surface area (Å²) >= 11 is 0. The minimum absolute atomic E-state index is 0.946. The number of hydrogen-bond acceptors (Lipinski definition) is 3. The molecule has 3 heteroatoms. The fraction of sp³-hybridized carbons (Fsp3) is 0.214. The van der Waals surface area contributed by atoms with Crippen LogP contribution in [0, 0.1) is 13.8 Å². The van der Waals surface area contributed by atoms with Gasteiger partial charge in [-0.05, 0) is 49.2 Å². The van der Waals surface area contributed by atoms with Gasteiger partial charge in [-0.25, -0.2) is 0 Å². The van der Waals surface area contributed by atoms with Crippen molar-refractivity contribution in [3.05, 3.63) is 47.8 Å². The number of rotatable bonds is 3. The zero-order valence-electron chi connectivity index (χ0n) is 10.3. The summed E-state index contributed by atoms with van der Waals surface area (Å²) in [7, 11) is 1.70. The molecule has 88 valence electrons. The number of ether oxygens (including phenoxy) is 1. The van der Waals surface area contributed by atoms with Crippen molar-refractivity contribution in [1.82, 2.24) is 4.98 Å². The Morgan fingerprint density at radius 2 is 1.82 bits per heavy atom. The molecule has 1 heterocycles. The van der Waals surface area contributed by atoms with Crippen LogP contribution in [-0.4, -0.2) is 12.1 Å². The van der Waals surface area contributed by atoms with Gasteiger partial charge in [0.05, 0.1) is 19.0 Å². The summed E-state index contributed by atoms with van der Waals surface area (Å²) in [5, 5.41) is 3.32. The van der Waals surface area contributed by atoms with Gasteiger partial charge in [-0.15, -0.1) is 0 Å². The normalized spacial score (nSPS) is 10.1. The van der Waals surface area contributed by atoms with E-state index in [9.17, 15) is 0 Å². The Balaban J connectivity index is 2.29. The number of pyridine rings is 1. The number of nitrogens with one attached hydrogen (secondary N) is 1. The van der Waals surface area contributed by atoms with Gasteiger partial charge in [0.15, 0.2) is 0 Å². The number of anilines is 2. The average molecular weight is 228 g/mol. The lowest BCUT2D eigenvalue weighted by Crippen LogP contribution is -1.95. The Kier molecular flexibility index (Phi) is 3.28. The van der Waals surface area contributed by atoms with Crippen LogP contribution in [0.25, 0.3) is 0 Å². The fourth-order valence-corrected chi connectivity index (χ4v) is 1.95. The van der Waals surface area contributed by atoms with E-state index in [-0.39, 0.29) is 0 Å². The molecule has 3 nitrogen and oxygen atoms in total. The van der Waals surface area contributed by atoms with Crippen molar-refractivity contribution in [3.63, 3.8) is 0 Å². The molecule has 0 bridgehead atoms. The second kappa shape index (κ2) is 4.87. The summed E-state index contributed by atoms with van der Waals surface area (Å²) in [4.78, 5) is 4.07. The summed E-state index contributed by atoms with van der Waals surface area (Å²) in [5.74, 6) is 0.946. The van der Waals surface area contributed by atoms with Gasteiger partial charge in [0, 0.05) is 11.9 Å². The predicted molar refractivity (Wildman–Crippen MR) is 70.0 cm³/mol. The molecule has 0 atom stereocenters. The number of hydrogen-bond donors (Lipinski definition) is 1. The molecule has 0 aliphatic rings. The molecule has 2 aromatic rings. The molecule has 0 aliphatic heterocycles. The minimum atomic E-state index is 0.946. The van der Waals surface area contributed by atoms with E-state index in [1.807, 2.05) is 26.0 Å². The molecule has 1 aromatic heterocycles. The fourth-order valence-electron chi connectivity index (χ4n) is 1.95. The lowest BCUT2D eigenvalue weighted by Gasteiger charge is -2.12. The van der Waals surface area contributed by atoms with E-state index in [1.54, 1.807) is 19.5 Å². The Morgan fingerprint density at radius 1 is 1.12 bits per heavy atom. The number of nitrogens with zero attached hydrogens (tertiary/aromatic N) is 1. The van der Waals surface area contributed by atoms with Crippen LogP contribution < -0.4 is 10.1 Å². The van der Waals surface area contributed by atoms with Gasteiger partial charge in [0.25, 0.3) is 0 Å². The van der Waals surface area contributed by atoms with Crippen LogP contribution in [0.3, 0.4) is 0 Å². The maximum Gasteiger partial charge on any atom is 0.124 e. The largest absolute Gasteiger partial charge is 0.496 e. The highest BCUT2D eigenvalue weighted by Crippen LogP contribution is 2.28. The monoisotopic (exact) mass is 228 g/mol. The molecule has 0 spiro atoms. The Bertz CT molecular complexity index is 486. The first-order chi connectivity index (χ1) is 8.20. The van der Waals surface area contributed by atoms with E-state index in [4.69, 9.17) is 4.74 Å².